The molecule has 0 atom stereocenters. The lowest BCUT2D eigenvalue weighted by atomic mass is 9.93. The number of carbonyl (C=O) groups excluding carboxylic acids is 2. The molecule has 1 aromatic heterocycles. The molecule has 0 unspecified atom stereocenters. The monoisotopic (exact) mass is 463 g/mol. The van der Waals surface area contributed by atoms with Crippen molar-refractivity contribution in [3.63, 3.8) is 0 Å². The molecule has 0 aliphatic heterocycles. The number of hydrogen-bond acceptors (Lipinski definition) is 7. The van der Waals surface area contributed by atoms with Crippen LogP contribution in [0, 0.1) is 6.92 Å². The van der Waals surface area contributed by atoms with Crippen LogP contribution in [0.15, 0.2) is 52.0 Å². The van der Waals surface area contributed by atoms with Gasteiger partial charge >= 0.3 is 0 Å². The molecule has 4 rings (SSSR count). The third-order valence-electron chi connectivity index (χ3n) is 5.61. The van der Waals surface area contributed by atoms with Gasteiger partial charge in [-0.25, -0.2) is 5.43 Å². The summed E-state index contributed by atoms with van der Waals surface area (Å²) >= 11 is 0. The van der Waals surface area contributed by atoms with Crippen molar-refractivity contribution >= 4 is 23.2 Å². The number of nitrogens with one attached hydrogen (secondary N) is 2. The van der Waals surface area contributed by atoms with Crippen LogP contribution in [0.1, 0.15) is 50.6 Å². The number of carbonyl (C=O) groups is 2. The highest BCUT2D eigenvalue weighted by Gasteiger charge is 2.28. The summed E-state index contributed by atoms with van der Waals surface area (Å²) in [5.74, 6) is 1.17. The van der Waals surface area contributed by atoms with Gasteiger partial charge in [0.1, 0.15) is 23.0 Å². The van der Waals surface area contributed by atoms with Crippen LogP contribution in [-0.4, -0.2) is 36.9 Å². The Morgan fingerprint density at radius 3 is 2.50 bits per heavy atom. The van der Waals surface area contributed by atoms with Gasteiger partial charge in [-0.2, -0.15) is 5.10 Å². The zero-order valence-corrected chi connectivity index (χ0v) is 19.1. The molecule has 0 bridgehead atoms. The van der Waals surface area contributed by atoms with Crippen molar-refractivity contribution in [2.45, 2.75) is 26.2 Å². The number of methoxy groups -OCH3 is 2. The quantitative estimate of drug-likeness (QED) is 0.475. The second-order valence-electron chi connectivity index (χ2n) is 7.77. The van der Waals surface area contributed by atoms with E-state index in [1.54, 1.807) is 32.2 Å². The lowest BCUT2D eigenvalue weighted by Crippen LogP contribution is -2.22. The SMILES string of the molecule is COc1ccc(NC(=O)c2oc3c(c2C)/C(=N/NC(=O)c2ccc(O)cc2)CCC3)c(OC)c1. The first kappa shape index (κ1) is 22.9. The molecule has 9 nitrogen and oxygen atoms in total. The molecule has 0 fully saturated rings. The molecule has 2 aromatic carbocycles. The Kier molecular flexibility index (Phi) is 6.53. The van der Waals surface area contributed by atoms with E-state index in [0.717, 1.165) is 12.0 Å². The number of phenols is 1. The van der Waals surface area contributed by atoms with E-state index >= 15 is 0 Å². The Labute approximate surface area is 196 Å². The van der Waals surface area contributed by atoms with Crippen molar-refractivity contribution in [3.8, 4) is 17.2 Å². The van der Waals surface area contributed by atoms with Crippen LogP contribution in [0.3, 0.4) is 0 Å². The number of aromatic hydroxyl groups is 1. The predicted octanol–water partition coefficient (Wildman–Crippen LogP) is 4.03. The van der Waals surface area contributed by atoms with Gasteiger partial charge in [-0.15, -0.1) is 0 Å². The summed E-state index contributed by atoms with van der Waals surface area (Å²) in [6, 6.07) is 11.0. The van der Waals surface area contributed by atoms with Crippen LogP contribution in [0.2, 0.25) is 0 Å². The van der Waals surface area contributed by atoms with E-state index < -0.39 is 11.8 Å². The maximum atomic E-state index is 13.0. The average molecular weight is 463 g/mol. The first-order valence-electron chi connectivity index (χ1n) is 10.7. The third kappa shape index (κ3) is 4.59. The molecule has 0 saturated carbocycles. The molecule has 1 heterocycles. The van der Waals surface area contributed by atoms with Gasteiger partial charge in [0.2, 0.25) is 0 Å². The van der Waals surface area contributed by atoms with Gasteiger partial charge in [0.15, 0.2) is 5.76 Å². The highest BCUT2D eigenvalue weighted by molar-refractivity contribution is 6.10. The minimum Gasteiger partial charge on any atom is -0.508 e. The molecule has 0 saturated heterocycles. The minimum atomic E-state index is -0.414. The number of amides is 2. The van der Waals surface area contributed by atoms with E-state index in [2.05, 4.69) is 15.8 Å². The lowest BCUT2D eigenvalue weighted by molar-refractivity contribution is 0.0953. The smallest absolute Gasteiger partial charge is 0.291 e. The van der Waals surface area contributed by atoms with Crippen LogP contribution in [0.25, 0.3) is 0 Å². The zero-order valence-electron chi connectivity index (χ0n) is 19.1. The summed E-state index contributed by atoms with van der Waals surface area (Å²) in [6.45, 7) is 1.80. The number of nitrogens with zero attached hydrogens (tertiary/aromatic N) is 1. The van der Waals surface area contributed by atoms with Crippen molar-refractivity contribution in [2.75, 3.05) is 19.5 Å². The highest BCUT2D eigenvalue weighted by Crippen LogP contribution is 2.32. The molecule has 34 heavy (non-hydrogen) atoms. The summed E-state index contributed by atoms with van der Waals surface area (Å²) in [5, 5.41) is 16.5. The van der Waals surface area contributed by atoms with Gasteiger partial charge < -0.3 is 24.3 Å². The number of ether oxygens (including phenoxy) is 2. The number of anilines is 1. The van der Waals surface area contributed by atoms with Crippen molar-refractivity contribution in [1.82, 2.24) is 5.43 Å². The molecule has 1 aliphatic rings. The van der Waals surface area contributed by atoms with Crippen LogP contribution in [0.5, 0.6) is 17.2 Å². The summed E-state index contributed by atoms with van der Waals surface area (Å²) in [6.07, 6.45) is 2.08. The number of hydrazone groups is 1. The molecule has 0 spiro atoms. The molecule has 176 valence electrons. The topological polar surface area (TPSA) is 122 Å². The van der Waals surface area contributed by atoms with E-state index in [1.807, 2.05) is 0 Å². The van der Waals surface area contributed by atoms with E-state index in [-0.39, 0.29) is 11.5 Å². The second-order valence-corrected chi connectivity index (χ2v) is 7.77. The van der Waals surface area contributed by atoms with Gasteiger partial charge in [0.05, 0.1) is 25.6 Å². The Morgan fingerprint density at radius 2 is 1.79 bits per heavy atom. The molecular formula is C25H25N3O6. The van der Waals surface area contributed by atoms with Gasteiger partial charge in [-0.1, -0.05) is 0 Å². The normalized spacial score (nSPS) is 13.8. The second kappa shape index (κ2) is 9.70. The first-order valence-corrected chi connectivity index (χ1v) is 10.7. The van der Waals surface area contributed by atoms with Gasteiger partial charge in [-0.3, -0.25) is 9.59 Å². The fourth-order valence-electron chi connectivity index (χ4n) is 3.87. The van der Waals surface area contributed by atoms with Crippen LogP contribution in [0.4, 0.5) is 5.69 Å². The van der Waals surface area contributed by atoms with Crippen LogP contribution in [-0.2, 0) is 6.42 Å². The molecular weight excluding hydrogens is 438 g/mol. The van der Waals surface area contributed by atoms with Crippen molar-refractivity contribution in [1.29, 1.82) is 0 Å². The van der Waals surface area contributed by atoms with Crippen molar-refractivity contribution in [2.24, 2.45) is 5.10 Å². The lowest BCUT2D eigenvalue weighted by Gasteiger charge is -2.13. The minimum absolute atomic E-state index is 0.0758. The van der Waals surface area contributed by atoms with Crippen LogP contribution < -0.4 is 20.2 Å². The molecule has 2 amide bonds. The summed E-state index contributed by atoms with van der Waals surface area (Å²) in [7, 11) is 3.06. The molecule has 3 aromatic rings. The maximum absolute atomic E-state index is 13.0. The van der Waals surface area contributed by atoms with Gasteiger partial charge in [-0.05, 0) is 56.2 Å². The molecule has 3 N–H and O–H groups in total. The number of furan rings is 1. The van der Waals surface area contributed by atoms with Gasteiger partial charge in [0.25, 0.3) is 11.8 Å². The maximum Gasteiger partial charge on any atom is 0.291 e. The fraction of sp³-hybridized carbons (Fsp3) is 0.240. The number of benzene rings is 2. The van der Waals surface area contributed by atoms with Crippen LogP contribution >= 0.6 is 0 Å². The van der Waals surface area contributed by atoms with Crippen molar-refractivity contribution in [3.05, 3.63) is 70.7 Å². The van der Waals surface area contributed by atoms with E-state index in [9.17, 15) is 14.7 Å². The Balaban J connectivity index is 1.56. The first-order chi connectivity index (χ1) is 16.4. The van der Waals surface area contributed by atoms with E-state index in [1.165, 1.54) is 31.4 Å². The number of aryl methyl sites for hydroxylation is 1. The largest absolute Gasteiger partial charge is 0.508 e. The predicted molar refractivity (Wildman–Crippen MR) is 126 cm³/mol. The average Bonchev–Trinajstić information content (AvgIpc) is 3.20. The van der Waals surface area contributed by atoms with Crippen molar-refractivity contribution < 1.29 is 28.6 Å². The standard InChI is InChI=1S/C25H25N3O6/c1-14-22-19(27-28-24(30)15-7-9-16(29)10-8-15)5-4-6-20(22)34-23(14)25(31)26-18-12-11-17(32-2)13-21(18)33-3/h7-13,29H,4-6H2,1-3H3,(H,26,31)(H,28,30)/b27-19+. The van der Waals surface area contributed by atoms with E-state index in [4.69, 9.17) is 13.9 Å². The number of phenolic OH excluding ortho intramolecular Hbond substituents is 1. The van der Waals surface area contributed by atoms with E-state index in [0.29, 0.717) is 52.6 Å². The summed E-state index contributed by atoms with van der Waals surface area (Å²) in [4.78, 5) is 25.4. The Hall–Kier alpha value is -4.27. The summed E-state index contributed by atoms with van der Waals surface area (Å²) < 4.78 is 16.5. The van der Waals surface area contributed by atoms with Gasteiger partial charge in [0, 0.05) is 29.2 Å². The zero-order chi connectivity index (χ0) is 24.2. The number of hydrogen-bond donors (Lipinski definition) is 3. The Morgan fingerprint density at radius 1 is 1.03 bits per heavy atom. The fourth-order valence-corrected chi connectivity index (χ4v) is 3.87. The number of fused-ring (bicyclic) bond motifs is 1. The number of rotatable bonds is 6. The highest BCUT2D eigenvalue weighted by atomic mass is 16.5. The molecule has 1 aliphatic carbocycles. The summed E-state index contributed by atoms with van der Waals surface area (Å²) in [5.41, 5.74) is 5.45. The third-order valence-corrected chi connectivity index (χ3v) is 5.61. The Bertz CT molecular complexity index is 1260. The molecule has 0 radical (unpaired) electrons. The molecule has 9 heteroatoms.